The number of carboxylic acid groups (broad SMARTS) is 1. The van der Waals surface area contributed by atoms with E-state index in [0.29, 0.717) is 4.34 Å². The second kappa shape index (κ2) is 5.49. The molecule has 1 heterocycles. The zero-order valence-electron chi connectivity index (χ0n) is 7.74. The third-order valence-corrected chi connectivity index (χ3v) is 3.13. The molecular weight excluding hydrogens is 277 g/mol. The summed E-state index contributed by atoms with van der Waals surface area (Å²) in [5.41, 5.74) is 0.161. The molecule has 88 valence electrons. The Bertz CT molecular complexity index is 420. The summed E-state index contributed by atoms with van der Waals surface area (Å²) in [6.07, 6.45) is -1.64. The van der Waals surface area contributed by atoms with Crippen molar-refractivity contribution in [3.8, 4) is 0 Å². The van der Waals surface area contributed by atoms with Crippen LogP contribution in [0.3, 0.4) is 0 Å². The number of carboxylic acids is 1. The molecular formula is C8H7Cl2NO4S. The van der Waals surface area contributed by atoms with Gasteiger partial charge in [0.1, 0.15) is 4.34 Å². The zero-order valence-corrected chi connectivity index (χ0v) is 10.1. The van der Waals surface area contributed by atoms with Crippen LogP contribution in [0.4, 0.5) is 0 Å². The van der Waals surface area contributed by atoms with Gasteiger partial charge in [-0.2, -0.15) is 0 Å². The number of carbonyl (C=O) groups is 2. The number of nitrogens with one attached hydrogen (secondary N) is 1. The molecule has 8 heteroatoms. The monoisotopic (exact) mass is 283 g/mol. The van der Waals surface area contributed by atoms with Crippen molar-refractivity contribution in [1.82, 2.24) is 5.32 Å². The van der Waals surface area contributed by atoms with Gasteiger partial charge in [0.05, 0.1) is 16.4 Å². The first-order valence-electron chi connectivity index (χ1n) is 4.05. The van der Waals surface area contributed by atoms with Crippen molar-refractivity contribution in [3.05, 3.63) is 20.3 Å². The molecule has 3 N–H and O–H groups in total. The highest BCUT2D eigenvalue weighted by Gasteiger charge is 2.17. The van der Waals surface area contributed by atoms with E-state index in [2.05, 4.69) is 5.32 Å². The van der Waals surface area contributed by atoms with Crippen LogP contribution in [0.5, 0.6) is 0 Å². The summed E-state index contributed by atoms with van der Waals surface area (Å²) in [4.78, 5) is 21.7. The number of carbonyl (C=O) groups excluding carboxylic acids is 1. The molecule has 1 atom stereocenters. The van der Waals surface area contributed by atoms with E-state index in [1.165, 1.54) is 6.07 Å². The van der Waals surface area contributed by atoms with E-state index in [1.54, 1.807) is 0 Å². The maximum atomic E-state index is 11.5. The Morgan fingerprint density at radius 2 is 2.12 bits per heavy atom. The highest BCUT2D eigenvalue weighted by molar-refractivity contribution is 7.20. The van der Waals surface area contributed by atoms with E-state index in [0.717, 1.165) is 11.3 Å². The molecule has 0 aromatic carbocycles. The first-order valence-corrected chi connectivity index (χ1v) is 5.63. The second-order valence-corrected chi connectivity index (χ2v) is 5.09. The number of hydrogen-bond donors (Lipinski definition) is 3. The zero-order chi connectivity index (χ0) is 12.3. The average molecular weight is 284 g/mol. The number of rotatable bonds is 4. The van der Waals surface area contributed by atoms with Crippen molar-refractivity contribution in [2.75, 3.05) is 6.54 Å². The van der Waals surface area contributed by atoms with E-state index < -0.39 is 24.5 Å². The Labute approximate surface area is 105 Å². The van der Waals surface area contributed by atoms with E-state index >= 15 is 0 Å². The second-order valence-electron chi connectivity index (χ2n) is 2.80. The van der Waals surface area contributed by atoms with E-state index in [1.807, 2.05) is 0 Å². The highest BCUT2D eigenvalue weighted by Crippen LogP contribution is 2.30. The minimum absolute atomic E-state index is 0.161. The molecule has 16 heavy (non-hydrogen) atoms. The molecule has 1 unspecified atom stereocenters. The van der Waals surface area contributed by atoms with Crippen molar-refractivity contribution in [2.24, 2.45) is 0 Å². The Hall–Kier alpha value is -0.820. The van der Waals surface area contributed by atoms with Crippen LogP contribution in [0, 0.1) is 0 Å². The average Bonchev–Trinajstić information content (AvgIpc) is 2.53. The van der Waals surface area contributed by atoms with Crippen molar-refractivity contribution in [2.45, 2.75) is 6.10 Å². The third-order valence-electron chi connectivity index (χ3n) is 1.64. The molecule has 0 radical (unpaired) electrons. The SMILES string of the molecule is O=C(NCC(O)C(=O)O)c1cc(Cl)sc1Cl. The summed E-state index contributed by atoms with van der Waals surface area (Å²) >= 11 is 12.4. The van der Waals surface area contributed by atoms with Gasteiger partial charge in [-0.1, -0.05) is 23.2 Å². The van der Waals surface area contributed by atoms with Gasteiger partial charge in [0, 0.05) is 0 Å². The summed E-state index contributed by atoms with van der Waals surface area (Å²) in [5, 5.41) is 19.5. The van der Waals surface area contributed by atoms with Gasteiger partial charge < -0.3 is 15.5 Å². The van der Waals surface area contributed by atoms with E-state index in [-0.39, 0.29) is 9.90 Å². The molecule has 1 rings (SSSR count). The minimum Gasteiger partial charge on any atom is -0.479 e. The Kier molecular flexibility index (Phi) is 4.55. The molecule has 1 amide bonds. The summed E-state index contributed by atoms with van der Waals surface area (Å²) in [5.74, 6) is -1.98. The van der Waals surface area contributed by atoms with Crippen LogP contribution in [0.1, 0.15) is 10.4 Å². The largest absolute Gasteiger partial charge is 0.479 e. The fraction of sp³-hybridized carbons (Fsp3) is 0.250. The Morgan fingerprint density at radius 3 is 2.56 bits per heavy atom. The van der Waals surface area contributed by atoms with Crippen molar-refractivity contribution in [3.63, 3.8) is 0 Å². The van der Waals surface area contributed by atoms with Crippen LogP contribution in [-0.4, -0.2) is 34.7 Å². The number of aliphatic carboxylic acids is 1. The van der Waals surface area contributed by atoms with Gasteiger partial charge in [-0.15, -0.1) is 11.3 Å². The fourth-order valence-corrected chi connectivity index (χ4v) is 2.33. The van der Waals surface area contributed by atoms with Crippen molar-refractivity contribution < 1.29 is 19.8 Å². The normalized spacial score (nSPS) is 12.2. The van der Waals surface area contributed by atoms with Crippen molar-refractivity contribution >= 4 is 46.4 Å². The predicted octanol–water partition coefficient (Wildman–Crippen LogP) is 1.23. The number of halogens is 2. The van der Waals surface area contributed by atoms with E-state index in [9.17, 15) is 9.59 Å². The molecule has 0 fully saturated rings. The van der Waals surface area contributed by atoms with Gasteiger partial charge >= 0.3 is 5.97 Å². The lowest BCUT2D eigenvalue weighted by molar-refractivity contribution is -0.146. The van der Waals surface area contributed by atoms with Gasteiger partial charge in [-0.05, 0) is 6.07 Å². The summed E-state index contributed by atoms with van der Waals surface area (Å²) in [7, 11) is 0. The molecule has 0 saturated carbocycles. The van der Waals surface area contributed by atoms with Gasteiger partial charge in [0.2, 0.25) is 0 Å². The lowest BCUT2D eigenvalue weighted by Gasteiger charge is -2.06. The van der Waals surface area contributed by atoms with Gasteiger partial charge in [0.15, 0.2) is 6.10 Å². The van der Waals surface area contributed by atoms with Gasteiger partial charge in [-0.25, -0.2) is 4.79 Å². The fourth-order valence-electron chi connectivity index (χ4n) is 0.867. The molecule has 0 aliphatic carbocycles. The Balaban J connectivity index is 2.60. The van der Waals surface area contributed by atoms with Gasteiger partial charge in [-0.3, -0.25) is 4.79 Å². The molecule has 0 saturated heterocycles. The number of hydrogen-bond acceptors (Lipinski definition) is 4. The smallest absolute Gasteiger partial charge is 0.334 e. The standard InChI is InChI=1S/C8H7Cl2NO4S/c9-5-1-3(6(10)16-5)7(13)11-2-4(12)8(14)15/h1,4,12H,2H2,(H,11,13)(H,14,15). The topological polar surface area (TPSA) is 86.6 Å². The van der Waals surface area contributed by atoms with Crippen LogP contribution in [0.15, 0.2) is 6.07 Å². The minimum atomic E-state index is -1.64. The number of aliphatic hydroxyl groups excluding tert-OH is 1. The molecule has 0 aliphatic heterocycles. The first-order chi connectivity index (χ1) is 7.41. The summed E-state index contributed by atoms with van der Waals surface area (Å²) in [6, 6.07) is 1.37. The lowest BCUT2D eigenvalue weighted by Crippen LogP contribution is -2.36. The van der Waals surface area contributed by atoms with E-state index in [4.69, 9.17) is 33.4 Å². The van der Waals surface area contributed by atoms with Crippen LogP contribution >= 0.6 is 34.5 Å². The molecule has 1 aromatic rings. The van der Waals surface area contributed by atoms with Gasteiger partial charge in [0.25, 0.3) is 5.91 Å². The number of amides is 1. The maximum absolute atomic E-state index is 11.5. The molecule has 0 spiro atoms. The first kappa shape index (κ1) is 13.2. The maximum Gasteiger partial charge on any atom is 0.334 e. The highest BCUT2D eigenvalue weighted by atomic mass is 35.5. The Morgan fingerprint density at radius 1 is 1.50 bits per heavy atom. The predicted molar refractivity (Wildman–Crippen MR) is 60.3 cm³/mol. The lowest BCUT2D eigenvalue weighted by atomic mass is 10.3. The number of aliphatic hydroxyl groups is 1. The van der Waals surface area contributed by atoms with Crippen LogP contribution in [0.2, 0.25) is 8.67 Å². The third kappa shape index (κ3) is 3.34. The molecule has 0 aliphatic rings. The van der Waals surface area contributed by atoms with Crippen LogP contribution < -0.4 is 5.32 Å². The quantitative estimate of drug-likeness (QED) is 0.776. The summed E-state index contributed by atoms with van der Waals surface area (Å²) in [6.45, 7) is -0.391. The number of thiophene rings is 1. The van der Waals surface area contributed by atoms with Crippen LogP contribution in [-0.2, 0) is 4.79 Å². The molecule has 5 nitrogen and oxygen atoms in total. The molecule has 0 bridgehead atoms. The molecule has 1 aromatic heterocycles. The van der Waals surface area contributed by atoms with Crippen molar-refractivity contribution in [1.29, 1.82) is 0 Å². The summed E-state index contributed by atoms with van der Waals surface area (Å²) < 4.78 is 0.571. The van der Waals surface area contributed by atoms with Crippen LogP contribution in [0.25, 0.3) is 0 Å².